The number of carbonyl (C=O) groups is 1. The molecule has 3 N–H and O–H groups in total. The first-order valence-electron chi connectivity index (χ1n) is 5.62. The first kappa shape index (κ1) is 15.3. The van der Waals surface area contributed by atoms with E-state index in [-0.39, 0.29) is 11.6 Å². The van der Waals surface area contributed by atoms with Crippen molar-refractivity contribution in [3.63, 3.8) is 0 Å². The van der Waals surface area contributed by atoms with Gasteiger partial charge in [-0.05, 0) is 18.1 Å². The number of alkyl halides is 3. The Morgan fingerprint density at radius 1 is 1.32 bits per heavy atom. The van der Waals surface area contributed by atoms with Gasteiger partial charge in [0.25, 0.3) is 0 Å². The summed E-state index contributed by atoms with van der Waals surface area (Å²) in [6, 6.07) is 4.48. The van der Waals surface area contributed by atoms with Crippen LogP contribution in [0.1, 0.15) is 13.8 Å². The first-order valence-corrected chi connectivity index (χ1v) is 5.62. The van der Waals surface area contributed by atoms with Gasteiger partial charge in [-0.15, -0.1) is 13.2 Å². The van der Waals surface area contributed by atoms with E-state index in [2.05, 4.69) is 10.1 Å². The molecule has 0 fully saturated rings. The number of amides is 1. The second-order valence-corrected chi connectivity index (χ2v) is 4.30. The summed E-state index contributed by atoms with van der Waals surface area (Å²) in [7, 11) is 0. The lowest BCUT2D eigenvalue weighted by Gasteiger charge is -2.17. The van der Waals surface area contributed by atoms with Crippen LogP contribution in [0, 0.1) is 5.92 Å². The number of anilines is 1. The Balaban J connectivity index is 2.87. The zero-order valence-corrected chi connectivity index (χ0v) is 10.5. The van der Waals surface area contributed by atoms with Crippen LogP contribution in [0.4, 0.5) is 18.9 Å². The Morgan fingerprint density at radius 2 is 1.89 bits per heavy atom. The van der Waals surface area contributed by atoms with Crippen LogP contribution in [0.3, 0.4) is 0 Å². The van der Waals surface area contributed by atoms with E-state index in [1.165, 1.54) is 18.2 Å². The lowest BCUT2D eigenvalue weighted by atomic mass is 10.0. The maximum absolute atomic E-state index is 12.2. The van der Waals surface area contributed by atoms with Crippen LogP contribution >= 0.6 is 0 Å². The fourth-order valence-electron chi connectivity index (χ4n) is 1.30. The van der Waals surface area contributed by atoms with E-state index >= 15 is 0 Å². The lowest BCUT2D eigenvalue weighted by Crippen LogP contribution is -2.39. The molecule has 106 valence electrons. The normalized spacial score (nSPS) is 13.2. The largest absolute Gasteiger partial charge is 0.573 e. The zero-order chi connectivity index (χ0) is 14.6. The number of nitrogens with two attached hydrogens (primary N) is 1. The molecule has 0 bridgehead atoms. The Bertz CT molecular complexity index is 447. The lowest BCUT2D eigenvalue weighted by molar-refractivity contribution is -0.274. The van der Waals surface area contributed by atoms with Gasteiger partial charge < -0.3 is 15.8 Å². The summed E-state index contributed by atoms with van der Waals surface area (Å²) in [5.41, 5.74) is 5.54. The van der Waals surface area contributed by atoms with E-state index in [9.17, 15) is 18.0 Å². The number of nitrogens with one attached hydrogen (secondary N) is 1. The van der Waals surface area contributed by atoms with Gasteiger partial charge in [0.1, 0.15) is 0 Å². The summed E-state index contributed by atoms with van der Waals surface area (Å²) in [4.78, 5) is 11.7. The van der Waals surface area contributed by atoms with E-state index in [4.69, 9.17) is 5.73 Å². The molecule has 1 aromatic carbocycles. The molecular formula is C12H15F3N2O2. The predicted octanol–water partition coefficient (Wildman–Crippen LogP) is 2.51. The first-order chi connectivity index (χ1) is 8.70. The van der Waals surface area contributed by atoms with Gasteiger partial charge in [-0.1, -0.05) is 26.0 Å². The van der Waals surface area contributed by atoms with Crippen LogP contribution in [-0.2, 0) is 4.79 Å². The number of ether oxygens (including phenoxy) is 1. The smallest absolute Gasteiger partial charge is 0.404 e. The summed E-state index contributed by atoms with van der Waals surface area (Å²) in [5, 5.41) is 2.33. The molecule has 1 rings (SSSR count). The van der Waals surface area contributed by atoms with Crippen LogP contribution in [0.15, 0.2) is 24.3 Å². The van der Waals surface area contributed by atoms with Crippen molar-refractivity contribution in [2.45, 2.75) is 26.3 Å². The maximum Gasteiger partial charge on any atom is 0.573 e. The highest BCUT2D eigenvalue weighted by molar-refractivity contribution is 5.96. The number of para-hydroxylation sites is 2. The van der Waals surface area contributed by atoms with Crippen LogP contribution in [0.25, 0.3) is 0 Å². The van der Waals surface area contributed by atoms with Crippen molar-refractivity contribution in [2.24, 2.45) is 11.7 Å². The predicted molar refractivity (Wildman–Crippen MR) is 64.6 cm³/mol. The average molecular weight is 276 g/mol. The third kappa shape index (κ3) is 4.78. The third-order valence-corrected chi connectivity index (χ3v) is 2.39. The Kier molecular flexibility index (Phi) is 4.77. The van der Waals surface area contributed by atoms with Gasteiger partial charge >= 0.3 is 6.36 Å². The molecule has 0 saturated carbocycles. The topological polar surface area (TPSA) is 64.4 Å². The van der Waals surface area contributed by atoms with Crippen LogP contribution in [0.2, 0.25) is 0 Å². The standard InChI is InChI=1S/C12H15F3N2O2/c1-7(2)10(16)11(18)17-8-5-3-4-6-9(8)19-12(13,14)15/h3-7,10H,16H2,1-2H3,(H,17,18)/t10-/m0/s1. The molecule has 4 nitrogen and oxygen atoms in total. The SMILES string of the molecule is CC(C)[C@H](N)C(=O)Nc1ccccc1OC(F)(F)F. The van der Waals surface area contributed by atoms with Gasteiger partial charge in [0, 0.05) is 0 Å². The number of rotatable bonds is 4. The van der Waals surface area contributed by atoms with Gasteiger partial charge in [0.15, 0.2) is 5.75 Å². The molecule has 0 spiro atoms. The molecule has 7 heteroatoms. The van der Waals surface area contributed by atoms with Crippen molar-refractivity contribution in [2.75, 3.05) is 5.32 Å². The summed E-state index contributed by atoms with van der Waals surface area (Å²) in [6.07, 6.45) is -4.82. The molecule has 0 aliphatic rings. The highest BCUT2D eigenvalue weighted by Gasteiger charge is 2.32. The quantitative estimate of drug-likeness (QED) is 0.888. The third-order valence-electron chi connectivity index (χ3n) is 2.39. The number of halogens is 3. The van der Waals surface area contributed by atoms with Crippen molar-refractivity contribution in [1.82, 2.24) is 0 Å². The molecule has 0 unspecified atom stereocenters. The molecule has 0 aliphatic heterocycles. The van der Waals surface area contributed by atoms with Gasteiger partial charge in [-0.25, -0.2) is 0 Å². The molecule has 1 aromatic rings. The molecule has 0 radical (unpaired) electrons. The number of carbonyl (C=O) groups excluding carboxylic acids is 1. The van der Waals surface area contributed by atoms with Crippen molar-refractivity contribution >= 4 is 11.6 Å². The minimum Gasteiger partial charge on any atom is -0.404 e. The zero-order valence-electron chi connectivity index (χ0n) is 10.5. The Labute approximate surface area is 108 Å². The minimum absolute atomic E-state index is 0.0686. The average Bonchev–Trinajstić information content (AvgIpc) is 2.28. The molecule has 19 heavy (non-hydrogen) atoms. The monoisotopic (exact) mass is 276 g/mol. The maximum atomic E-state index is 12.2. The van der Waals surface area contributed by atoms with E-state index < -0.39 is 24.1 Å². The number of benzene rings is 1. The molecular weight excluding hydrogens is 261 g/mol. The summed E-state index contributed by atoms with van der Waals surface area (Å²) in [5.74, 6) is -1.16. The molecule has 0 saturated heterocycles. The number of hydrogen-bond acceptors (Lipinski definition) is 3. The van der Waals surface area contributed by atoms with E-state index in [1.54, 1.807) is 13.8 Å². The van der Waals surface area contributed by atoms with Crippen molar-refractivity contribution < 1.29 is 22.7 Å². The summed E-state index contributed by atoms with van der Waals surface area (Å²) >= 11 is 0. The van der Waals surface area contributed by atoms with Crippen molar-refractivity contribution in [3.05, 3.63) is 24.3 Å². The molecule has 1 atom stereocenters. The van der Waals surface area contributed by atoms with Gasteiger partial charge in [-0.3, -0.25) is 4.79 Å². The van der Waals surface area contributed by atoms with Crippen LogP contribution < -0.4 is 15.8 Å². The van der Waals surface area contributed by atoms with Crippen LogP contribution in [-0.4, -0.2) is 18.3 Å². The Hall–Kier alpha value is -1.76. The van der Waals surface area contributed by atoms with Crippen molar-refractivity contribution in [3.8, 4) is 5.75 Å². The molecule has 1 amide bonds. The fraction of sp³-hybridized carbons (Fsp3) is 0.417. The van der Waals surface area contributed by atoms with Crippen molar-refractivity contribution in [1.29, 1.82) is 0 Å². The van der Waals surface area contributed by atoms with Gasteiger partial charge in [-0.2, -0.15) is 0 Å². The molecule has 0 aromatic heterocycles. The van der Waals surface area contributed by atoms with E-state index in [0.717, 1.165) is 6.07 Å². The Morgan fingerprint density at radius 3 is 2.42 bits per heavy atom. The van der Waals surface area contributed by atoms with E-state index in [1.807, 2.05) is 0 Å². The van der Waals surface area contributed by atoms with Crippen LogP contribution in [0.5, 0.6) is 5.75 Å². The fourth-order valence-corrected chi connectivity index (χ4v) is 1.30. The number of hydrogen-bond donors (Lipinski definition) is 2. The highest BCUT2D eigenvalue weighted by Crippen LogP contribution is 2.30. The van der Waals surface area contributed by atoms with Gasteiger partial charge in [0.2, 0.25) is 5.91 Å². The van der Waals surface area contributed by atoms with Gasteiger partial charge in [0.05, 0.1) is 11.7 Å². The second-order valence-electron chi connectivity index (χ2n) is 4.30. The molecule has 0 aliphatic carbocycles. The second kappa shape index (κ2) is 5.92. The highest BCUT2D eigenvalue weighted by atomic mass is 19.4. The van der Waals surface area contributed by atoms with E-state index in [0.29, 0.717) is 0 Å². The summed E-state index contributed by atoms with van der Waals surface area (Å²) in [6.45, 7) is 3.48. The summed E-state index contributed by atoms with van der Waals surface area (Å²) < 4.78 is 40.4. The minimum atomic E-state index is -4.82. The molecule has 0 heterocycles.